The van der Waals surface area contributed by atoms with Gasteiger partial charge in [0.05, 0.1) is 18.1 Å². The summed E-state index contributed by atoms with van der Waals surface area (Å²) in [6.07, 6.45) is 0.256. The Bertz CT molecular complexity index is 1200. The smallest absolute Gasteiger partial charge is 0.150 e. The minimum absolute atomic E-state index is 0.781. The number of nitrogens with one attached hydrogen (secondary N) is 2. The van der Waals surface area contributed by atoms with Crippen molar-refractivity contribution in [2.45, 2.75) is 12.6 Å². The number of H-pyrrole nitrogens is 1. The van der Waals surface area contributed by atoms with Gasteiger partial charge in [-0.05, 0) is 42.3 Å². The molecule has 5 rings (SSSR count). The highest BCUT2D eigenvalue weighted by Gasteiger charge is 2.16. The molecule has 0 bridgehead atoms. The summed E-state index contributed by atoms with van der Waals surface area (Å²) in [5.41, 5.74) is 7.08. The summed E-state index contributed by atoms with van der Waals surface area (Å²) in [6.45, 7) is 1.04. The lowest BCUT2D eigenvalue weighted by Crippen LogP contribution is -2.12. The zero-order chi connectivity index (χ0) is 20.7. The molecule has 3 aromatic carbocycles. The number of hydrogen-bond donors (Lipinski definition) is 3. The number of rotatable bonds is 5. The number of imidazole rings is 1. The molecule has 152 valence electrons. The van der Waals surface area contributed by atoms with Gasteiger partial charge in [-0.3, -0.25) is 0 Å². The Morgan fingerprint density at radius 1 is 1.10 bits per heavy atom. The van der Waals surface area contributed by atoms with Gasteiger partial charge < -0.3 is 25.0 Å². The molecule has 2 heterocycles. The summed E-state index contributed by atoms with van der Waals surface area (Å²) in [5.74, 6) is 1.58. The molecule has 1 aliphatic rings. The van der Waals surface area contributed by atoms with E-state index in [2.05, 4.69) is 39.4 Å². The number of ether oxygens (including phenoxy) is 1. The highest BCUT2D eigenvalue weighted by molar-refractivity contribution is 5.80. The monoisotopic (exact) mass is 400 g/mol. The first-order valence-electron chi connectivity index (χ1n) is 10.0. The number of aromatic amines is 1. The van der Waals surface area contributed by atoms with E-state index in [1.54, 1.807) is 7.11 Å². The van der Waals surface area contributed by atoms with Gasteiger partial charge in [0, 0.05) is 42.2 Å². The van der Waals surface area contributed by atoms with Crippen molar-refractivity contribution < 1.29 is 9.84 Å². The second-order valence-corrected chi connectivity index (χ2v) is 7.65. The van der Waals surface area contributed by atoms with Crippen LogP contribution in [0.25, 0.3) is 22.4 Å². The van der Waals surface area contributed by atoms with E-state index in [9.17, 15) is 5.11 Å². The number of fused-ring (bicyclic) bond motifs is 2. The second-order valence-electron chi connectivity index (χ2n) is 7.65. The lowest BCUT2D eigenvalue weighted by Gasteiger charge is -2.17. The van der Waals surface area contributed by atoms with Crippen molar-refractivity contribution in [3.8, 4) is 17.1 Å². The third-order valence-corrected chi connectivity index (χ3v) is 5.70. The van der Waals surface area contributed by atoms with Crippen LogP contribution < -0.4 is 15.0 Å². The molecule has 0 fully saturated rings. The number of methoxy groups -OCH3 is 1. The Morgan fingerprint density at radius 2 is 1.93 bits per heavy atom. The lowest BCUT2D eigenvalue weighted by molar-refractivity contribution is 0.208. The summed E-state index contributed by atoms with van der Waals surface area (Å²) in [5, 5.41) is 13.8. The number of benzene rings is 3. The van der Waals surface area contributed by atoms with Gasteiger partial charge >= 0.3 is 0 Å². The Hall–Kier alpha value is -3.51. The van der Waals surface area contributed by atoms with E-state index >= 15 is 0 Å². The Labute approximate surface area is 175 Å². The number of aliphatic hydroxyl groups excluding tert-OH is 1. The van der Waals surface area contributed by atoms with Gasteiger partial charge in [0.15, 0.2) is 6.23 Å². The number of likely N-dealkylation sites (N-methyl/N-ethyl adjacent to an activating group) is 1. The average molecular weight is 400 g/mol. The molecule has 0 radical (unpaired) electrons. The van der Waals surface area contributed by atoms with E-state index in [4.69, 9.17) is 4.74 Å². The third kappa shape index (κ3) is 3.35. The standard InChI is InChI=1S/C24H24N4O2/c1-28-12-11-17-13-18(7-10-22(17)28)25-24(29)16-5-3-15(4-6-16)23-26-20-9-8-19(30-2)14-21(20)27-23/h3-10,13-14,24-25,29H,11-12H2,1-2H3,(H,26,27). The normalized spacial score (nSPS) is 14.0. The topological polar surface area (TPSA) is 73.4 Å². The number of aromatic nitrogens is 2. The van der Waals surface area contributed by atoms with Crippen LogP contribution in [0.5, 0.6) is 5.75 Å². The van der Waals surface area contributed by atoms with Crippen molar-refractivity contribution in [2.75, 3.05) is 30.9 Å². The SMILES string of the molecule is COc1ccc2nc(-c3ccc(C(O)Nc4ccc5c(c4)CCN5C)cc3)[nH]c2c1. The molecule has 6 nitrogen and oxygen atoms in total. The first-order valence-corrected chi connectivity index (χ1v) is 10.0. The molecule has 30 heavy (non-hydrogen) atoms. The molecule has 3 N–H and O–H groups in total. The minimum atomic E-state index is -0.781. The van der Waals surface area contributed by atoms with Gasteiger partial charge in [-0.2, -0.15) is 0 Å². The quantitative estimate of drug-likeness (QED) is 0.435. The van der Waals surface area contributed by atoms with Crippen LogP contribution in [-0.2, 0) is 6.42 Å². The first-order chi connectivity index (χ1) is 14.6. The fourth-order valence-corrected chi connectivity index (χ4v) is 3.97. The van der Waals surface area contributed by atoms with Crippen molar-refractivity contribution in [1.82, 2.24) is 9.97 Å². The van der Waals surface area contributed by atoms with Gasteiger partial charge in [-0.1, -0.05) is 24.3 Å². The Balaban J connectivity index is 1.33. The van der Waals surface area contributed by atoms with Crippen LogP contribution in [-0.4, -0.2) is 35.8 Å². The number of hydrogen-bond acceptors (Lipinski definition) is 5. The molecule has 0 saturated heterocycles. The van der Waals surface area contributed by atoms with Crippen LogP contribution in [0.2, 0.25) is 0 Å². The molecule has 0 amide bonds. The third-order valence-electron chi connectivity index (χ3n) is 5.70. The van der Waals surface area contributed by atoms with E-state index in [-0.39, 0.29) is 0 Å². The molecular formula is C24H24N4O2. The van der Waals surface area contributed by atoms with E-state index in [1.807, 2.05) is 48.5 Å². The van der Waals surface area contributed by atoms with Crippen molar-refractivity contribution in [3.63, 3.8) is 0 Å². The van der Waals surface area contributed by atoms with Crippen LogP contribution in [0, 0.1) is 0 Å². The molecule has 0 spiro atoms. The summed E-state index contributed by atoms with van der Waals surface area (Å²) in [7, 11) is 3.76. The molecular weight excluding hydrogens is 376 g/mol. The molecule has 1 aromatic heterocycles. The van der Waals surface area contributed by atoms with Gasteiger partial charge in [0.25, 0.3) is 0 Å². The molecule has 1 atom stereocenters. The van der Waals surface area contributed by atoms with Crippen molar-refractivity contribution in [3.05, 3.63) is 71.8 Å². The summed E-state index contributed by atoms with van der Waals surface area (Å²) in [4.78, 5) is 10.2. The zero-order valence-electron chi connectivity index (χ0n) is 17.0. The van der Waals surface area contributed by atoms with Crippen LogP contribution in [0.15, 0.2) is 60.7 Å². The maximum absolute atomic E-state index is 10.6. The first kappa shape index (κ1) is 18.5. The molecule has 1 aliphatic heterocycles. The molecule has 6 heteroatoms. The fraction of sp³-hybridized carbons (Fsp3) is 0.208. The van der Waals surface area contributed by atoms with E-state index < -0.39 is 6.23 Å². The highest BCUT2D eigenvalue weighted by Crippen LogP contribution is 2.31. The molecule has 1 unspecified atom stereocenters. The van der Waals surface area contributed by atoms with Gasteiger partial charge in [-0.25, -0.2) is 4.98 Å². The largest absolute Gasteiger partial charge is 0.497 e. The number of aliphatic hydroxyl groups is 1. The van der Waals surface area contributed by atoms with E-state index in [0.717, 1.165) is 52.4 Å². The average Bonchev–Trinajstić information content (AvgIpc) is 3.36. The number of anilines is 2. The van der Waals surface area contributed by atoms with Crippen molar-refractivity contribution in [2.24, 2.45) is 0 Å². The maximum atomic E-state index is 10.6. The molecule has 4 aromatic rings. The van der Waals surface area contributed by atoms with Crippen molar-refractivity contribution >= 4 is 22.4 Å². The Morgan fingerprint density at radius 3 is 2.73 bits per heavy atom. The predicted molar refractivity (Wildman–Crippen MR) is 120 cm³/mol. The summed E-state index contributed by atoms with van der Waals surface area (Å²) < 4.78 is 5.27. The van der Waals surface area contributed by atoms with Gasteiger partial charge in [0.2, 0.25) is 0 Å². The van der Waals surface area contributed by atoms with Gasteiger partial charge in [0.1, 0.15) is 11.6 Å². The van der Waals surface area contributed by atoms with Crippen LogP contribution >= 0.6 is 0 Å². The predicted octanol–water partition coefficient (Wildman–Crippen LogP) is 4.33. The minimum Gasteiger partial charge on any atom is -0.497 e. The highest BCUT2D eigenvalue weighted by atomic mass is 16.5. The van der Waals surface area contributed by atoms with Crippen LogP contribution in [0.3, 0.4) is 0 Å². The van der Waals surface area contributed by atoms with Crippen LogP contribution in [0.1, 0.15) is 17.4 Å². The second kappa shape index (κ2) is 7.39. The number of nitrogens with zero attached hydrogens (tertiary/aromatic N) is 2. The molecule has 0 aliphatic carbocycles. The summed E-state index contributed by atoms with van der Waals surface area (Å²) >= 11 is 0. The Kier molecular flexibility index (Phi) is 4.56. The van der Waals surface area contributed by atoms with Gasteiger partial charge in [-0.15, -0.1) is 0 Å². The van der Waals surface area contributed by atoms with Crippen molar-refractivity contribution in [1.29, 1.82) is 0 Å². The summed E-state index contributed by atoms with van der Waals surface area (Å²) in [6, 6.07) is 19.8. The zero-order valence-corrected chi connectivity index (χ0v) is 17.0. The van der Waals surface area contributed by atoms with E-state index in [0.29, 0.717) is 0 Å². The van der Waals surface area contributed by atoms with E-state index in [1.165, 1.54) is 11.3 Å². The van der Waals surface area contributed by atoms with Crippen LogP contribution in [0.4, 0.5) is 11.4 Å². The maximum Gasteiger partial charge on any atom is 0.150 e. The fourth-order valence-electron chi connectivity index (χ4n) is 3.97. The lowest BCUT2D eigenvalue weighted by atomic mass is 10.1. The molecule has 0 saturated carbocycles.